The van der Waals surface area contributed by atoms with E-state index in [2.05, 4.69) is 5.32 Å². The van der Waals surface area contributed by atoms with E-state index >= 15 is 0 Å². The first-order chi connectivity index (χ1) is 14.2. The van der Waals surface area contributed by atoms with Crippen LogP contribution >= 0.6 is 23.2 Å². The van der Waals surface area contributed by atoms with Gasteiger partial charge in [0.15, 0.2) is 0 Å². The molecule has 3 rings (SSSR count). The summed E-state index contributed by atoms with van der Waals surface area (Å²) in [5, 5.41) is 3.93. The molecule has 2 unspecified atom stereocenters. The lowest BCUT2D eigenvalue weighted by atomic mass is 10.1. The third-order valence-electron chi connectivity index (χ3n) is 4.84. The molecule has 9 heteroatoms. The van der Waals surface area contributed by atoms with Gasteiger partial charge in [-0.1, -0.05) is 29.3 Å². The maximum absolute atomic E-state index is 12.9. The Labute approximate surface area is 187 Å². The van der Waals surface area contributed by atoms with Crippen molar-refractivity contribution in [2.75, 3.05) is 19.6 Å². The van der Waals surface area contributed by atoms with Gasteiger partial charge < -0.3 is 10.1 Å². The topological polar surface area (TPSA) is 75.7 Å². The van der Waals surface area contributed by atoms with Crippen LogP contribution in [0.5, 0.6) is 0 Å². The van der Waals surface area contributed by atoms with Crippen molar-refractivity contribution in [1.29, 1.82) is 0 Å². The zero-order valence-electron chi connectivity index (χ0n) is 16.8. The van der Waals surface area contributed by atoms with Gasteiger partial charge in [-0.2, -0.15) is 4.31 Å². The molecule has 0 spiro atoms. The number of nitrogens with one attached hydrogen (secondary N) is 1. The van der Waals surface area contributed by atoms with Crippen LogP contribution in [0, 0.1) is 0 Å². The number of hydrogen-bond donors (Lipinski definition) is 1. The van der Waals surface area contributed by atoms with Crippen LogP contribution in [0.4, 0.5) is 0 Å². The Morgan fingerprint density at radius 3 is 2.33 bits per heavy atom. The fourth-order valence-corrected chi connectivity index (χ4v) is 5.49. The number of morpholine rings is 1. The smallest absolute Gasteiger partial charge is 0.251 e. The van der Waals surface area contributed by atoms with Gasteiger partial charge >= 0.3 is 0 Å². The molecule has 2 atom stereocenters. The molecule has 1 amide bonds. The third kappa shape index (κ3) is 5.53. The van der Waals surface area contributed by atoms with Gasteiger partial charge in [-0.15, -0.1) is 0 Å². The van der Waals surface area contributed by atoms with E-state index in [0.717, 1.165) is 5.56 Å². The van der Waals surface area contributed by atoms with Gasteiger partial charge in [-0.25, -0.2) is 8.42 Å². The Bertz CT molecular complexity index is 1000. The molecule has 2 aromatic carbocycles. The molecular formula is C21H24Cl2N2O4S. The lowest BCUT2D eigenvalue weighted by Crippen LogP contribution is -2.48. The van der Waals surface area contributed by atoms with Crippen LogP contribution in [0.25, 0.3) is 0 Å². The van der Waals surface area contributed by atoms with Gasteiger partial charge in [-0.05, 0) is 62.2 Å². The molecule has 162 valence electrons. The van der Waals surface area contributed by atoms with Gasteiger partial charge in [0.2, 0.25) is 10.0 Å². The van der Waals surface area contributed by atoms with Crippen molar-refractivity contribution in [2.45, 2.75) is 37.4 Å². The molecular weight excluding hydrogens is 447 g/mol. The summed E-state index contributed by atoms with van der Waals surface area (Å²) in [5.41, 5.74) is 1.27. The third-order valence-corrected chi connectivity index (χ3v) is 7.27. The van der Waals surface area contributed by atoms with Crippen LogP contribution in [-0.2, 0) is 21.2 Å². The number of nitrogens with zero attached hydrogens (tertiary/aromatic N) is 1. The maximum atomic E-state index is 12.9. The summed E-state index contributed by atoms with van der Waals surface area (Å²) < 4.78 is 32.8. The number of ether oxygens (including phenoxy) is 1. The molecule has 6 nitrogen and oxygen atoms in total. The summed E-state index contributed by atoms with van der Waals surface area (Å²) in [6.07, 6.45) is 0.229. The van der Waals surface area contributed by atoms with Gasteiger partial charge in [0.25, 0.3) is 5.91 Å². The van der Waals surface area contributed by atoms with Crippen molar-refractivity contribution in [3.8, 4) is 0 Å². The minimum absolute atomic E-state index is 0.160. The highest BCUT2D eigenvalue weighted by Gasteiger charge is 2.32. The molecule has 1 heterocycles. The molecule has 1 saturated heterocycles. The van der Waals surface area contributed by atoms with Crippen molar-refractivity contribution < 1.29 is 17.9 Å². The molecule has 1 N–H and O–H groups in total. The minimum Gasteiger partial charge on any atom is -0.373 e. The summed E-state index contributed by atoms with van der Waals surface area (Å²) in [6, 6.07) is 11.2. The minimum atomic E-state index is -3.64. The second-order valence-electron chi connectivity index (χ2n) is 7.35. The molecule has 1 fully saturated rings. The Balaban J connectivity index is 1.61. The highest BCUT2D eigenvalue weighted by Crippen LogP contribution is 2.22. The normalized spacial score (nSPS) is 20.1. The van der Waals surface area contributed by atoms with Gasteiger partial charge in [0.05, 0.1) is 17.1 Å². The number of amides is 1. The number of rotatable bonds is 6. The fraction of sp³-hybridized carbons (Fsp3) is 0.381. The molecule has 1 aliphatic rings. The monoisotopic (exact) mass is 470 g/mol. The molecule has 0 saturated carbocycles. The van der Waals surface area contributed by atoms with Gasteiger partial charge in [0.1, 0.15) is 0 Å². The van der Waals surface area contributed by atoms with Crippen LogP contribution < -0.4 is 5.32 Å². The Hall–Kier alpha value is -1.64. The standard InChI is InChI=1S/C21H24Cl2N2O4S/c1-14-12-25(13-15(2)29-14)30(27,28)19-7-4-17(5-8-19)21(26)24-10-9-16-3-6-18(22)11-20(16)23/h3-8,11,14-15H,9-10,12-13H2,1-2H3,(H,24,26). The number of carbonyl (C=O) groups is 1. The number of halogens is 2. The van der Waals surface area contributed by atoms with E-state index in [4.69, 9.17) is 27.9 Å². The summed E-state index contributed by atoms with van der Waals surface area (Å²) in [6.45, 7) is 4.71. The SMILES string of the molecule is CC1CN(S(=O)(=O)c2ccc(C(=O)NCCc3ccc(Cl)cc3Cl)cc2)CC(C)O1. The number of benzene rings is 2. The molecule has 1 aliphatic heterocycles. The predicted molar refractivity (Wildman–Crippen MR) is 118 cm³/mol. The highest BCUT2D eigenvalue weighted by molar-refractivity contribution is 7.89. The quantitative estimate of drug-likeness (QED) is 0.696. The molecule has 0 bridgehead atoms. The van der Waals surface area contributed by atoms with E-state index in [1.807, 2.05) is 19.9 Å². The average molecular weight is 471 g/mol. The summed E-state index contributed by atoms with van der Waals surface area (Å²) in [5.74, 6) is -0.280. The number of hydrogen-bond acceptors (Lipinski definition) is 4. The van der Waals surface area contributed by atoms with Crippen molar-refractivity contribution in [3.63, 3.8) is 0 Å². The van der Waals surface area contributed by atoms with Crippen molar-refractivity contribution in [2.24, 2.45) is 0 Å². The van der Waals surface area contributed by atoms with E-state index < -0.39 is 10.0 Å². The molecule has 0 radical (unpaired) electrons. The zero-order valence-corrected chi connectivity index (χ0v) is 19.1. The Morgan fingerprint density at radius 1 is 1.10 bits per heavy atom. The molecule has 0 aromatic heterocycles. The molecule has 2 aromatic rings. The summed E-state index contributed by atoms with van der Waals surface area (Å²) in [7, 11) is -3.64. The number of carbonyl (C=O) groups excluding carboxylic acids is 1. The largest absolute Gasteiger partial charge is 0.373 e. The second kappa shape index (κ2) is 9.66. The molecule has 0 aliphatic carbocycles. The van der Waals surface area contributed by atoms with E-state index in [-0.39, 0.29) is 23.0 Å². The van der Waals surface area contributed by atoms with Crippen LogP contribution in [0.1, 0.15) is 29.8 Å². The van der Waals surface area contributed by atoms with E-state index in [0.29, 0.717) is 41.7 Å². The first-order valence-corrected chi connectivity index (χ1v) is 11.8. The highest BCUT2D eigenvalue weighted by atomic mass is 35.5. The lowest BCUT2D eigenvalue weighted by Gasteiger charge is -2.34. The predicted octanol–water partition coefficient (Wildman–Crippen LogP) is 3.76. The average Bonchev–Trinajstić information content (AvgIpc) is 2.69. The maximum Gasteiger partial charge on any atom is 0.251 e. The first kappa shape index (κ1) is 23.0. The zero-order chi connectivity index (χ0) is 21.9. The summed E-state index contributed by atoms with van der Waals surface area (Å²) >= 11 is 12.0. The van der Waals surface area contributed by atoms with Crippen molar-refractivity contribution >= 4 is 39.1 Å². The van der Waals surface area contributed by atoms with E-state index in [1.165, 1.54) is 28.6 Å². The van der Waals surface area contributed by atoms with Crippen molar-refractivity contribution in [1.82, 2.24) is 9.62 Å². The first-order valence-electron chi connectivity index (χ1n) is 9.64. The summed E-state index contributed by atoms with van der Waals surface area (Å²) in [4.78, 5) is 12.5. The van der Waals surface area contributed by atoms with Crippen LogP contribution in [0.3, 0.4) is 0 Å². The molecule has 30 heavy (non-hydrogen) atoms. The number of sulfonamides is 1. The van der Waals surface area contributed by atoms with Crippen molar-refractivity contribution in [3.05, 3.63) is 63.6 Å². The second-order valence-corrected chi connectivity index (χ2v) is 10.1. The Morgan fingerprint density at radius 2 is 1.73 bits per heavy atom. The lowest BCUT2D eigenvalue weighted by molar-refractivity contribution is -0.0440. The fourth-order valence-electron chi connectivity index (χ4n) is 3.39. The van der Waals surface area contributed by atoms with E-state index in [9.17, 15) is 13.2 Å². The van der Waals surface area contributed by atoms with Crippen LogP contribution in [0.2, 0.25) is 10.0 Å². The van der Waals surface area contributed by atoms with Crippen LogP contribution in [-0.4, -0.2) is 50.5 Å². The van der Waals surface area contributed by atoms with Crippen LogP contribution in [0.15, 0.2) is 47.4 Å². The van der Waals surface area contributed by atoms with Gasteiger partial charge in [0, 0.05) is 35.2 Å². The van der Waals surface area contributed by atoms with Gasteiger partial charge in [-0.3, -0.25) is 4.79 Å². The Kier molecular flexibility index (Phi) is 7.42. The van der Waals surface area contributed by atoms with E-state index in [1.54, 1.807) is 12.1 Å².